The molecule has 4 nitrogen and oxygen atoms in total. The molecule has 2 aromatic rings. The second-order valence-corrected chi connectivity index (χ2v) is 5.12. The first-order valence-electron chi connectivity index (χ1n) is 6.81. The molecule has 0 fully saturated rings. The molecule has 0 saturated heterocycles. The highest BCUT2D eigenvalue weighted by atomic mass is 16.1. The van der Waals surface area contributed by atoms with Crippen molar-refractivity contribution in [3.8, 4) is 0 Å². The largest absolute Gasteiger partial charge is 0.349 e. The van der Waals surface area contributed by atoms with Crippen LogP contribution in [0.5, 0.6) is 0 Å². The van der Waals surface area contributed by atoms with E-state index in [-0.39, 0.29) is 17.9 Å². The predicted octanol–water partition coefficient (Wildman–Crippen LogP) is 2.48. The zero-order valence-electron chi connectivity index (χ0n) is 12.4. The molecule has 0 saturated carbocycles. The van der Waals surface area contributed by atoms with Gasteiger partial charge in [-0.15, -0.1) is 0 Å². The summed E-state index contributed by atoms with van der Waals surface area (Å²) < 4.78 is 3.55. The van der Waals surface area contributed by atoms with Crippen molar-refractivity contribution in [3.63, 3.8) is 0 Å². The van der Waals surface area contributed by atoms with E-state index in [2.05, 4.69) is 11.5 Å². The molecule has 0 aliphatic rings. The van der Waals surface area contributed by atoms with Crippen LogP contribution in [0.25, 0.3) is 0 Å². The van der Waals surface area contributed by atoms with E-state index in [1.807, 2.05) is 32.9 Å². The Labute approximate surface area is 118 Å². The van der Waals surface area contributed by atoms with Gasteiger partial charge in [-0.2, -0.15) is 0 Å². The van der Waals surface area contributed by atoms with Crippen molar-refractivity contribution < 1.29 is 4.79 Å². The average Bonchev–Trinajstić information content (AvgIpc) is 2.68. The van der Waals surface area contributed by atoms with Crippen LogP contribution in [-0.2, 0) is 13.1 Å². The molecule has 2 aromatic heterocycles. The van der Waals surface area contributed by atoms with Crippen molar-refractivity contribution in [2.75, 3.05) is 0 Å². The maximum Gasteiger partial charge on any atom is 0.251 e. The molecule has 0 unspecified atom stereocenters. The lowest BCUT2D eigenvalue weighted by Crippen LogP contribution is -2.23. The smallest absolute Gasteiger partial charge is 0.251 e. The van der Waals surface area contributed by atoms with Gasteiger partial charge in [0.1, 0.15) is 0 Å². The minimum atomic E-state index is -0.136. The Bertz CT molecular complexity index is 708. The Hall–Kier alpha value is -2.10. The number of rotatable bonds is 4. The van der Waals surface area contributed by atoms with E-state index in [1.54, 1.807) is 12.3 Å². The van der Waals surface area contributed by atoms with Gasteiger partial charge in [-0.05, 0) is 45.4 Å². The fourth-order valence-corrected chi connectivity index (χ4v) is 2.55. The Morgan fingerprint density at radius 3 is 2.45 bits per heavy atom. The molecule has 0 amide bonds. The number of aryl methyl sites for hydroxylation is 2. The van der Waals surface area contributed by atoms with Gasteiger partial charge in [-0.1, -0.05) is 0 Å². The number of carbonyl (C=O) groups is 1. The van der Waals surface area contributed by atoms with Crippen LogP contribution in [-0.4, -0.2) is 14.9 Å². The van der Waals surface area contributed by atoms with E-state index >= 15 is 0 Å². The Morgan fingerprint density at radius 1 is 1.20 bits per heavy atom. The standard InChI is InChI=1S/C16H20N2O2/c1-5-18-12(3)9-14(13(18)4)15(19)10-17-7-6-11(2)8-16(17)20/h6-9H,5,10H2,1-4H3. The molecule has 0 bridgehead atoms. The van der Waals surface area contributed by atoms with Crippen molar-refractivity contribution in [3.05, 3.63) is 57.3 Å². The lowest BCUT2D eigenvalue weighted by molar-refractivity contribution is 0.0970. The highest BCUT2D eigenvalue weighted by molar-refractivity contribution is 5.97. The van der Waals surface area contributed by atoms with Gasteiger partial charge in [0.15, 0.2) is 5.78 Å². The van der Waals surface area contributed by atoms with Crippen LogP contribution in [0, 0.1) is 20.8 Å². The first-order chi connectivity index (χ1) is 9.43. The molecule has 4 heteroatoms. The molecule has 0 atom stereocenters. The minimum Gasteiger partial charge on any atom is -0.349 e. The number of Topliss-reactive ketones (excluding diaryl/α,β-unsaturated/α-hetero) is 1. The molecule has 0 N–H and O–H groups in total. The number of hydrogen-bond donors (Lipinski definition) is 0. The molecule has 0 aliphatic heterocycles. The van der Waals surface area contributed by atoms with Gasteiger partial charge in [-0.25, -0.2) is 0 Å². The van der Waals surface area contributed by atoms with E-state index in [0.29, 0.717) is 5.56 Å². The molecular formula is C16H20N2O2. The summed E-state index contributed by atoms with van der Waals surface area (Å²) in [7, 11) is 0. The Kier molecular flexibility index (Phi) is 3.93. The summed E-state index contributed by atoms with van der Waals surface area (Å²) in [5.74, 6) is -0.0243. The third-order valence-electron chi connectivity index (χ3n) is 3.66. The van der Waals surface area contributed by atoms with E-state index in [9.17, 15) is 9.59 Å². The zero-order chi connectivity index (χ0) is 14.9. The van der Waals surface area contributed by atoms with E-state index in [1.165, 1.54) is 4.57 Å². The fourth-order valence-electron chi connectivity index (χ4n) is 2.55. The molecule has 0 radical (unpaired) electrons. The number of nitrogens with zero attached hydrogens (tertiary/aromatic N) is 2. The quantitative estimate of drug-likeness (QED) is 0.803. The highest BCUT2D eigenvalue weighted by Gasteiger charge is 2.15. The SMILES string of the molecule is CCn1c(C)cc(C(=O)Cn2ccc(C)cc2=O)c1C. The summed E-state index contributed by atoms with van der Waals surface area (Å²) in [5, 5.41) is 0. The Morgan fingerprint density at radius 2 is 1.90 bits per heavy atom. The second-order valence-electron chi connectivity index (χ2n) is 5.12. The van der Waals surface area contributed by atoms with Crippen molar-refractivity contribution in [2.45, 2.75) is 40.8 Å². The molecule has 106 valence electrons. The second kappa shape index (κ2) is 5.49. The summed E-state index contributed by atoms with van der Waals surface area (Å²) in [6.45, 7) is 8.79. The van der Waals surface area contributed by atoms with E-state index < -0.39 is 0 Å². The lowest BCUT2D eigenvalue weighted by atomic mass is 10.1. The third-order valence-corrected chi connectivity index (χ3v) is 3.66. The summed E-state index contributed by atoms with van der Waals surface area (Å²) in [5.41, 5.74) is 3.52. The van der Waals surface area contributed by atoms with Crippen molar-refractivity contribution >= 4 is 5.78 Å². The van der Waals surface area contributed by atoms with Crippen molar-refractivity contribution in [1.29, 1.82) is 0 Å². The van der Waals surface area contributed by atoms with Gasteiger partial charge in [0, 0.05) is 35.8 Å². The van der Waals surface area contributed by atoms with Gasteiger partial charge >= 0.3 is 0 Å². The lowest BCUT2D eigenvalue weighted by Gasteiger charge is -2.07. The average molecular weight is 272 g/mol. The topological polar surface area (TPSA) is 44.0 Å². The maximum atomic E-state index is 12.4. The summed E-state index contributed by atoms with van der Waals surface area (Å²) >= 11 is 0. The van der Waals surface area contributed by atoms with Crippen LogP contribution < -0.4 is 5.56 Å². The number of ketones is 1. The van der Waals surface area contributed by atoms with Crippen LogP contribution in [0.4, 0.5) is 0 Å². The van der Waals surface area contributed by atoms with Crippen LogP contribution in [0.15, 0.2) is 29.2 Å². The monoisotopic (exact) mass is 272 g/mol. The maximum absolute atomic E-state index is 12.4. The first kappa shape index (κ1) is 14.3. The molecule has 0 aromatic carbocycles. The minimum absolute atomic E-state index is 0.0243. The van der Waals surface area contributed by atoms with Gasteiger partial charge in [0.2, 0.25) is 0 Å². The summed E-state index contributed by atoms with van der Waals surface area (Å²) in [6, 6.07) is 5.28. The zero-order valence-corrected chi connectivity index (χ0v) is 12.4. The third kappa shape index (κ3) is 2.59. The van der Waals surface area contributed by atoms with Gasteiger partial charge in [0.25, 0.3) is 5.56 Å². The van der Waals surface area contributed by atoms with Crippen molar-refractivity contribution in [1.82, 2.24) is 9.13 Å². The first-order valence-corrected chi connectivity index (χ1v) is 6.81. The predicted molar refractivity (Wildman–Crippen MR) is 79.3 cm³/mol. The van der Waals surface area contributed by atoms with Crippen LogP contribution >= 0.6 is 0 Å². The number of pyridine rings is 1. The van der Waals surface area contributed by atoms with Crippen LogP contribution in [0.2, 0.25) is 0 Å². The van der Waals surface area contributed by atoms with Crippen molar-refractivity contribution in [2.24, 2.45) is 0 Å². The van der Waals surface area contributed by atoms with Gasteiger partial charge < -0.3 is 9.13 Å². The molecular weight excluding hydrogens is 252 g/mol. The van der Waals surface area contributed by atoms with E-state index in [0.717, 1.165) is 23.5 Å². The van der Waals surface area contributed by atoms with Crippen LogP contribution in [0.3, 0.4) is 0 Å². The number of aromatic nitrogens is 2. The molecule has 20 heavy (non-hydrogen) atoms. The summed E-state index contributed by atoms with van der Waals surface area (Å²) in [4.78, 5) is 24.2. The summed E-state index contributed by atoms with van der Waals surface area (Å²) in [6.07, 6.45) is 1.68. The highest BCUT2D eigenvalue weighted by Crippen LogP contribution is 2.16. The fraction of sp³-hybridized carbons (Fsp3) is 0.375. The van der Waals surface area contributed by atoms with E-state index in [4.69, 9.17) is 0 Å². The molecule has 0 aliphatic carbocycles. The number of carbonyl (C=O) groups excluding carboxylic acids is 1. The molecule has 0 spiro atoms. The van der Waals surface area contributed by atoms with Crippen LogP contribution in [0.1, 0.15) is 34.2 Å². The normalized spacial score (nSPS) is 10.8. The number of hydrogen-bond acceptors (Lipinski definition) is 2. The molecule has 2 heterocycles. The Balaban J connectivity index is 2.31. The van der Waals surface area contributed by atoms with Gasteiger partial charge in [0.05, 0.1) is 6.54 Å². The molecule has 2 rings (SSSR count). The van der Waals surface area contributed by atoms with Gasteiger partial charge in [-0.3, -0.25) is 9.59 Å².